The van der Waals surface area contributed by atoms with E-state index in [1.165, 1.54) is 0 Å². The van der Waals surface area contributed by atoms with E-state index in [9.17, 15) is 13.2 Å². The first-order valence-corrected chi connectivity index (χ1v) is 6.46. The van der Waals surface area contributed by atoms with E-state index < -0.39 is 17.8 Å². The Morgan fingerprint density at radius 2 is 2.25 bits per heavy atom. The Kier molecular flexibility index (Phi) is 4.36. The number of morpholine rings is 1. The molecule has 20 heavy (non-hydrogen) atoms. The van der Waals surface area contributed by atoms with E-state index in [1.54, 1.807) is 4.90 Å². The molecule has 9 heteroatoms. The third-order valence-electron chi connectivity index (χ3n) is 2.83. The van der Waals surface area contributed by atoms with Crippen molar-refractivity contribution in [1.82, 2.24) is 4.98 Å². The molecule has 0 aromatic carbocycles. The molecule has 0 spiro atoms. The number of aromatic nitrogens is 1. The lowest BCUT2D eigenvalue weighted by molar-refractivity contribution is -0.137. The molecule has 1 aliphatic heterocycles. The lowest BCUT2D eigenvalue weighted by atomic mass is 10.2. The van der Waals surface area contributed by atoms with Crippen molar-refractivity contribution in [3.63, 3.8) is 0 Å². The van der Waals surface area contributed by atoms with Gasteiger partial charge in [0.25, 0.3) is 0 Å². The normalized spacial score (nSPS) is 20.0. The number of alkyl halides is 3. The number of hydrogen-bond donors (Lipinski definition) is 1. The number of pyridine rings is 1. The second kappa shape index (κ2) is 5.71. The highest BCUT2D eigenvalue weighted by molar-refractivity contribution is 7.80. The maximum Gasteiger partial charge on any atom is 0.417 e. The summed E-state index contributed by atoms with van der Waals surface area (Å²) in [5.74, 6) is 0.268. The van der Waals surface area contributed by atoms with E-state index in [4.69, 9.17) is 34.3 Å². The highest BCUT2D eigenvalue weighted by Gasteiger charge is 2.32. The van der Waals surface area contributed by atoms with E-state index in [-0.39, 0.29) is 15.8 Å². The maximum atomic E-state index is 12.5. The second-order valence-electron chi connectivity index (χ2n) is 4.23. The van der Waals surface area contributed by atoms with Crippen LogP contribution in [0.3, 0.4) is 0 Å². The van der Waals surface area contributed by atoms with E-state index in [0.29, 0.717) is 19.7 Å². The number of halogens is 4. The van der Waals surface area contributed by atoms with Crippen LogP contribution in [-0.2, 0) is 10.9 Å². The molecule has 2 N–H and O–H groups in total. The predicted octanol–water partition coefficient (Wildman–Crippen LogP) is 2.25. The van der Waals surface area contributed by atoms with Gasteiger partial charge in [0, 0.05) is 12.7 Å². The molecule has 1 saturated heterocycles. The number of hydrogen-bond acceptors (Lipinski definition) is 4. The summed E-state index contributed by atoms with van der Waals surface area (Å²) in [6.07, 6.45) is -4.17. The minimum atomic E-state index is -4.47. The molecule has 1 aromatic rings. The van der Waals surface area contributed by atoms with Crippen molar-refractivity contribution < 1.29 is 17.9 Å². The Balaban J connectivity index is 2.23. The van der Waals surface area contributed by atoms with Gasteiger partial charge < -0.3 is 15.4 Å². The van der Waals surface area contributed by atoms with Crippen LogP contribution in [0.5, 0.6) is 0 Å². The zero-order valence-electron chi connectivity index (χ0n) is 10.2. The highest BCUT2D eigenvalue weighted by Crippen LogP contribution is 2.33. The van der Waals surface area contributed by atoms with Crippen LogP contribution < -0.4 is 10.6 Å². The zero-order valence-corrected chi connectivity index (χ0v) is 11.7. The highest BCUT2D eigenvalue weighted by atomic mass is 35.5. The summed E-state index contributed by atoms with van der Waals surface area (Å²) < 4.78 is 43.0. The van der Waals surface area contributed by atoms with E-state index in [0.717, 1.165) is 12.3 Å². The van der Waals surface area contributed by atoms with Crippen LogP contribution in [0, 0.1) is 0 Å². The van der Waals surface area contributed by atoms with Gasteiger partial charge in [-0.05, 0) is 6.07 Å². The van der Waals surface area contributed by atoms with Crippen molar-refractivity contribution in [2.45, 2.75) is 12.3 Å². The van der Waals surface area contributed by atoms with Crippen LogP contribution in [-0.4, -0.2) is 35.8 Å². The summed E-state index contributed by atoms with van der Waals surface area (Å²) in [6, 6.07) is 0.856. The monoisotopic (exact) mass is 325 g/mol. The fraction of sp³-hybridized carbons (Fsp3) is 0.455. The van der Waals surface area contributed by atoms with Crippen molar-refractivity contribution in [3.8, 4) is 0 Å². The Morgan fingerprint density at radius 3 is 2.80 bits per heavy atom. The van der Waals surface area contributed by atoms with E-state index >= 15 is 0 Å². The first-order chi connectivity index (χ1) is 9.29. The van der Waals surface area contributed by atoms with Gasteiger partial charge in [-0.3, -0.25) is 0 Å². The molecule has 0 radical (unpaired) electrons. The van der Waals surface area contributed by atoms with Gasteiger partial charge in [0.05, 0.1) is 23.7 Å². The number of thiocarbonyl (C=S) groups is 1. The van der Waals surface area contributed by atoms with Gasteiger partial charge in [-0.25, -0.2) is 4.98 Å². The molecule has 1 aromatic heterocycles. The molecule has 1 aliphatic rings. The summed E-state index contributed by atoms with van der Waals surface area (Å²) in [5, 5.41) is -0.0663. The third-order valence-corrected chi connectivity index (χ3v) is 3.37. The Hall–Kier alpha value is -1.12. The first kappa shape index (κ1) is 15.3. The molecular weight excluding hydrogens is 315 g/mol. The third kappa shape index (κ3) is 3.31. The predicted molar refractivity (Wildman–Crippen MR) is 73.0 cm³/mol. The minimum absolute atomic E-state index is 0.0663. The standard InChI is InChI=1S/C11H11ClF3N3OS/c12-7-3-6(11(13,14)15)4-17-10(7)18-1-2-19-8(5-18)9(16)20/h3-4,8H,1-2,5H2,(H2,16,20). The Bertz CT molecular complexity index is 526. The molecule has 1 unspecified atom stereocenters. The van der Waals surface area contributed by atoms with Gasteiger partial charge in [0.15, 0.2) is 0 Å². The number of ether oxygens (including phenoxy) is 1. The SMILES string of the molecule is NC(=S)C1CN(c2ncc(C(F)(F)F)cc2Cl)CCO1. The zero-order chi connectivity index (χ0) is 14.9. The van der Waals surface area contributed by atoms with Gasteiger partial charge in [-0.15, -0.1) is 0 Å². The molecule has 110 valence electrons. The van der Waals surface area contributed by atoms with Gasteiger partial charge >= 0.3 is 6.18 Å². The van der Waals surface area contributed by atoms with Crippen LogP contribution in [0.4, 0.5) is 19.0 Å². The van der Waals surface area contributed by atoms with Gasteiger partial charge in [0.1, 0.15) is 16.9 Å². The van der Waals surface area contributed by atoms with Gasteiger partial charge in [-0.1, -0.05) is 23.8 Å². The molecule has 2 heterocycles. The largest absolute Gasteiger partial charge is 0.417 e. The van der Waals surface area contributed by atoms with Crippen molar-refractivity contribution in [1.29, 1.82) is 0 Å². The summed E-state index contributed by atoms with van der Waals surface area (Å²) in [4.78, 5) is 5.69. The summed E-state index contributed by atoms with van der Waals surface area (Å²) in [5.41, 5.74) is 4.62. The molecular formula is C11H11ClF3N3OS. The Labute approximate surface area is 123 Å². The molecule has 1 fully saturated rings. The van der Waals surface area contributed by atoms with Crippen LogP contribution in [0.2, 0.25) is 5.02 Å². The average molecular weight is 326 g/mol. The molecule has 0 amide bonds. The van der Waals surface area contributed by atoms with E-state index in [2.05, 4.69) is 4.98 Å². The van der Waals surface area contributed by atoms with Crippen LogP contribution in [0.1, 0.15) is 5.56 Å². The van der Waals surface area contributed by atoms with Crippen LogP contribution in [0.25, 0.3) is 0 Å². The minimum Gasteiger partial charge on any atom is -0.391 e. The first-order valence-electron chi connectivity index (χ1n) is 5.67. The maximum absolute atomic E-state index is 12.5. The molecule has 0 bridgehead atoms. The van der Waals surface area contributed by atoms with Crippen LogP contribution in [0.15, 0.2) is 12.3 Å². The molecule has 0 aliphatic carbocycles. The van der Waals surface area contributed by atoms with Gasteiger partial charge in [-0.2, -0.15) is 13.2 Å². The molecule has 1 atom stereocenters. The second-order valence-corrected chi connectivity index (χ2v) is 5.11. The van der Waals surface area contributed by atoms with Crippen molar-refractivity contribution in [2.24, 2.45) is 5.73 Å². The van der Waals surface area contributed by atoms with Crippen molar-refractivity contribution in [3.05, 3.63) is 22.8 Å². The number of nitrogens with zero attached hydrogens (tertiary/aromatic N) is 2. The van der Waals surface area contributed by atoms with Crippen LogP contribution >= 0.6 is 23.8 Å². The summed E-state index contributed by atoms with van der Waals surface area (Å²) in [6.45, 7) is 1.12. The topological polar surface area (TPSA) is 51.4 Å². The van der Waals surface area contributed by atoms with Crippen molar-refractivity contribution in [2.75, 3.05) is 24.6 Å². The molecule has 0 saturated carbocycles. The number of anilines is 1. The summed E-state index contributed by atoms with van der Waals surface area (Å²) in [7, 11) is 0. The van der Waals surface area contributed by atoms with E-state index in [1.807, 2.05) is 0 Å². The number of nitrogens with two attached hydrogens (primary N) is 1. The smallest absolute Gasteiger partial charge is 0.391 e. The lowest BCUT2D eigenvalue weighted by Gasteiger charge is -2.33. The fourth-order valence-electron chi connectivity index (χ4n) is 1.83. The molecule has 2 rings (SSSR count). The molecule has 4 nitrogen and oxygen atoms in total. The van der Waals surface area contributed by atoms with Crippen molar-refractivity contribution >= 4 is 34.6 Å². The fourth-order valence-corrected chi connectivity index (χ4v) is 2.26. The average Bonchev–Trinajstić information content (AvgIpc) is 2.37. The quantitative estimate of drug-likeness (QED) is 0.845. The lowest BCUT2D eigenvalue weighted by Crippen LogP contribution is -2.48. The Morgan fingerprint density at radius 1 is 1.55 bits per heavy atom. The number of rotatable bonds is 2. The summed E-state index contributed by atoms with van der Waals surface area (Å²) >= 11 is 10.7. The van der Waals surface area contributed by atoms with Gasteiger partial charge in [0.2, 0.25) is 0 Å².